The van der Waals surface area contributed by atoms with Crippen molar-refractivity contribution < 1.29 is 14.7 Å². The van der Waals surface area contributed by atoms with Gasteiger partial charge in [0.15, 0.2) is 0 Å². The molecule has 5 heteroatoms. The number of nitrogens with one attached hydrogen (secondary N) is 1. The fourth-order valence-electron chi connectivity index (χ4n) is 2.34. The Labute approximate surface area is 132 Å². The quantitative estimate of drug-likeness (QED) is 0.804. The van der Waals surface area contributed by atoms with E-state index in [0.717, 1.165) is 10.3 Å². The Morgan fingerprint density at radius 1 is 1.14 bits per heavy atom. The molecule has 0 atom stereocenters. The molecule has 3 rings (SSSR count). The maximum atomic E-state index is 11.9. The summed E-state index contributed by atoms with van der Waals surface area (Å²) in [6.07, 6.45) is 1.31. The first-order valence-electron chi connectivity index (χ1n) is 7.21. The molecule has 0 bridgehead atoms. The van der Waals surface area contributed by atoms with Crippen LogP contribution in [0.1, 0.15) is 12.8 Å². The van der Waals surface area contributed by atoms with Gasteiger partial charge < -0.3 is 10.4 Å². The molecule has 0 heterocycles. The fraction of sp³-hybridized carbons (Fsp3) is 0.294. The van der Waals surface area contributed by atoms with Gasteiger partial charge in [0, 0.05) is 11.4 Å². The van der Waals surface area contributed by atoms with Crippen LogP contribution in [0.15, 0.2) is 47.4 Å². The van der Waals surface area contributed by atoms with Gasteiger partial charge in [0.25, 0.3) is 0 Å². The maximum Gasteiger partial charge on any atom is 0.311 e. The SMILES string of the molecule is O=C(CSc1ccc2ccccc2c1)NCC1(C(=O)O)CC1. The molecule has 4 nitrogen and oxygen atoms in total. The largest absolute Gasteiger partial charge is 0.481 e. The lowest BCUT2D eigenvalue weighted by Crippen LogP contribution is -2.35. The zero-order valence-electron chi connectivity index (χ0n) is 12.0. The standard InChI is InChI=1S/C17H17NO3S/c19-15(18-11-17(7-8-17)16(20)21)10-22-14-6-5-12-3-1-2-4-13(12)9-14/h1-6,9H,7-8,10-11H2,(H,18,19)(H,20,21). The first-order valence-corrected chi connectivity index (χ1v) is 8.19. The topological polar surface area (TPSA) is 66.4 Å². The van der Waals surface area contributed by atoms with Gasteiger partial charge in [0.1, 0.15) is 0 Å². The monoisotopic (exact) mass is 315 g/mol. The molecule has 22 heavy (non-hydrogen) atoms. The van der Waals surface area contributed by atoms with Crippen LogP contribution in [0.5, 0.6) is 0 Å². The number of rotatable bonds is 6. The van der Waals surface area contributed by atoms with Gasteiger partial charge in [-0.1, -0.05) is 30.3 Å². The van der Waals surface area contributed by atoms with Gasteiger partial charge in [0.05, 0.1) is 11.2 Å². The fourth-order valence-corrected chi connectivity index (χ4v) is 3.12. The molecule has 1 fully saturated rings. The number of hydrogen-bond acceptors (Lipinski definition) is 3. The molecule has 1 aliphatic carbocycles. The molecule has 0 saturated heterocycles. The van der Waals surface area contributed by atoms with E-state index in [-0.39, 0.29) is 12.5 Å². The minimum absolute atomic E-state index is 0.120. The summed E-state index contributed by atoms with van der Waals surface area (Å²) in [4.78, 5) is 23.9. The van der Waals surface area contributed by atoms with Gasteiger partial charge in [0.2, 0.25) is 5.91 Å². The predicted octanol–water partition coefficient (Wildman–Crippen LogP) is 2.91. The average molecular weight is 315 g/mol. The third kappa shape index (κ3) is 3.25. The minimum atomic E-state index is -0.810. The van der Waals surface area contributed by atoms with Crippen molar-refractivity contribution in [1.82, 2.24) is 5.32 Å². The van der Waals surface area contributed by atoms with Crippen molar-refractivity contribution in [1.29, 1.82) is 0 Å². The summed E-state index contributed by atoms with van der Waals surface area (Å²) in [6, 6.07) is 14.2. The van der Waals surface area contributed by atoms with Crippen molar-refractivity contribution in [3.63, 3.8) is 0 Å². The third-order valence-corrected chi connectivity index (χ3v) is 5.02. The summed E-state index contributed by atoms with van der Waals surface area (Å²) in [6.45, 7) is 0.236. The highest BCUT2D eigenvalue weighted by Gasteiger charge is 2.50. The number of fused-ring (bicyclic) bond motifs is 1. The van der Waals surface area contributed by atoms with Crippen molar-refractivity contribution in [2.45, 2.75) is 17.7 Å². The maximum absolute atomic E-state index is 11.9. The first-order chi connectivity index (χ1) is 10.6. The summed E-state index contributed by atoms with van der Waals surface area (Å²) in [5.74, 6) is -0.630. The Balaban J connectivity index is 1.53. The first kappa shape index (κ1) is 14.9. The van der Waals surface area contributed by atoms with Crippen molar-refractivity contribution >= 4 is 34.4 Å². The zero-order valence-corrected chi connectivity index (χ0v) is 12.9. The van der Waals surface area contributed by atoms with Crippen LogP contribution in [-0.4, -0.2) is 29.3 Å². The molecule has 1 aliphatic rings. The molecule has 114 valence electrons. The lowest BCUT2D eigenvalue weighted by Gasteiger charge is -2.11. The van der Waals surface area contributed by atoms with E-state index >= 15 is 0 Å². The summed E-state index contributed by atoms with van der Waals surface area (Å²) in [7, 11) is 0. The van der Waals surface area contributed by atoms with Crippen LogP contribution in [0.3, 0.4) is 0 Å². The Hall–Kier alpha value is -2.01. The highest BCUT2D eigenvalue weighted by molar-refractivity contribution is 8.00. The normalized spacial score (nSPS) is 15.5. The number of aliphatic carboxylic acids is 1. The molecular formula is C17H17NO3S. The second-order valence-electron chi connectivity index (χ2n) is 5.66. The molecule has 0 aliphatic heterocycles. The Morgan fingerprint density at radius 3 is 2.55 bits per heavy atom. The lowest BCUT2D eigenvalue weighted by atomic mass is 10.1. The minimum Gasteiger partial charge on any atom is -0.481 e. The Kier molecular flexibility index (Phi) is 4.07. The smallest absolute Gasteiger partial charge is 0.311 e. The van der Waals surface area contributed by atoms with Crippen LogP contribution in [0.2, 0.25) is 0 Å². The molecule has 2 N–H and O–H groups in total. The number of amides is 1. The van der Waals surface area contributed by atoms with Crippen molar-refractivity contribution in [3.8, 4) is 0 Å². The number of carbonyl (C=O) groups is 2. The number of carboxylic acids is 1. The van der Waals surface area contributed by atoms with Crippen LogP contribution in [0.25, 0.3) is 10.8 Å². The second-order valence-corrected chi connectivity index (χ2v) is 6.71. The predicted molar refractivity (Wildman–Crippen MR) is 87.0 cm³/mol. The van der Waals surface area contributed by atoms with E-state index in [1.807, 2.05) is 30.3 Å². The molecule has 0 radical (unpaired) electrons. The van der Waals surface area contributed by atoms with Gasteiger partial charge >= 0.3 is 5.97 Å². The van der Waals surface area contributed by atoms with Gasteiger partial charge in [-0.05, 0) is 35.7 Å². The zero-order chi connectivity index (χ0) is 15.6. The number of carboxylic acid groups (broad SMARTS) is 1. The van der Waals surface area contributed by atoms with E-state index in [1.165, 1.54) is 17.1 Å². The number of hydrogen-bond donors (Lipinski definition) is 2. The number of carbonyl (C=O) groups excluding carboxylic acids is 1. The Bertz CT molecular complexity index is 725. The summed E-state index contributed by atoms with van der Waals surface area (Å²) in [5.41, 5.74) is -0.705. The van der Waals surface area contributed by atoms with Crippen LogP contribution in [-0.2, 0) is 9.59 Å². The van der Waals surface area contributed by atoms with E-state index in [4.69, 9.17) is 5.11 Å². The summed E-state index contributed by atoms with van der Waals surface area (Å²) >= 11 is 1.46. The lowest BCUT2D eigenvalue weighted by molar-refractivity contribution is -0.143. The van der Waals surface area contributed by atoms with Crippen LogP contribution in [0, 0.1) is 5.41 Å². The Morgan fingerprint density at radius 2 is 1.86 bits per heavy atom. The molecular weight excluding hydrogens is 298 g/mol. The molecule has 0 aromatic heterocycles. The highest BCUT2D eigenvalue weighted by atomic mass is 32.2. The van der Waals surface area contributed by atoms with E-state index in [9.17, 15) is 9.59 Å². The van der Waals surface area contributed by atoms with E-state index in [0.29, 0.717) is 18.6 Å². The van der Waals surface area contributed by atoms with Crippen LogP contribution in [0.4, 0.5) is 0 Å². The molecule has 1 amide bonds. The molecule has 0 spiro atoms. The van der Waals surface area contributed by atoms with Gasteiger partial charge in [-0.15, -0.1) is 11.8 Å². The van der Waals surface area contributed by atoms with E-state index in [2.05, 4.69) is 17.4 Å². The van der Waals surface area contributed by atoms with Crippen LogP contribution >= 0.6 is 11.8 Å². The van der Waals surface area contributed by atoms with Gasteiger partial charge in [-0.2, -0.15) is 0 Å². The van der Waals surface area contributed by atoms with Gasteiger partial charge in [-0.25, -0.2) is 0 Å². The number of benzene rings is 2. The van der Waals surface area contributed by atoms with E-state index < -0.39 is 11.4 Å². The molecule has 0 unspecified atom stereocenters. The molecule has 1 saturated carbocycles. The van der Waals surface area contributed by atoms with E-state index in [1.54, 1.807) is 0 Å². The van der Waals surface area contributed by atoms with Crippen molar-refractivity contribution in [2.24, 2.45) is 5.41 Å². The second kappa shape index (κ2) is 6.01. The summed E-state index contributed by atoms with van der Waals surface area (Å²) < 4.78 is 0. The summed E-state index contributed by atoms with van der Waals surface area (Å²) in [5, 5.41) is 14.1. The third-order valence-electron chi connectivity index (χ3n) is 4.02. The average Bonchev–Trinajstić information content (AvgIpc) is 3.32. The highest BCUT2D eigenvalue weighted by Crippen LogP contribution is 2.45. The molecule has 2 aromatic carbocycles. The van der Waals surface area contributed by atoms with Crippen LogP contribution < -0.4 is 5.32 Å². The van der Waals surface area contributed by atoms with Gasteiger partial charge in [-0.3, -0.25) is 9.59 Å². The number of thioether (sulfide) groups is 1. The molecule has 2 aromatic rings. The van der Waals surface area contributed by atoms with Crippen molar-refractivity contribution in [3.05, 3.63) is 42.5 Å². The van der Waals surface area contributed by atoms with Crippen molar-refractivity contribution in [2.75, 3.05) is 12.3 Å².